The Morgan fingerprint density at radius 2 is 2.10 bits per heavy atom. The maximum atomic E-state index is 12.9. The van der Waals surface area contributed by atoms with E-state index < -0.39 is 24.3 Å². The largest absolute Gasteiger partial charge is 0.418 e. The van der Waals surface area contributed by atoms with E-state index in [4.69, 9.17) is 5.11 Å². The quantitative estimate of drug-likeness (QED) is 0.884. The first-order chi connectivity index (χ1) is 9.41. The van der Waals surface area contributed by atoms with Crippen molar-refractivity contribution < 1.29 is 23.1 Å². The van der Waals surface area contributed by atoms with Gasteiger partial charge in [-0.3, -0.25) is 4.79 Å². The molecule has 1 saturated heterocycles. The van der Waals surface area contributed by atoms with Crippen molar-refractivity contribution in [3.63, 3.8) is 0 Å². The fourth-order valence-electron chi connectivity index (χ4n) is 2.36. The Labute approximate surface area is 114 Å². The Morgan fingerprint density at radius 3 is 2.75 bits per heavy atom. The van der Waals surface area contributed by atoms with Crippen molar-refractivity contribution in [2.24, 2.45) is 0 Å². The number of anilines is 1. The van der Waals surface area contributed by atoms with Gasteiger partial charge in [0.05, 0.1) is 5.56 Å². The number of benzene rings is 1. The van der Waals surface area contributed by atoms with Gasteiger partial charge in [0.25, 0.3) is 0 Å². The second-order valence-electron chi connectivity index (χ2n) is 4.67. The molecule has 1 aliphatic heterocycles. The smallest absolute Gasteiger partial charge is 0.387 e. The number of amides is 1. The molecule has 0 unspecified atom stereocenters. The lowest BCUT2D eigenvalue weighted by molar-refractivity contribution is -0.137. The van der Waals surface area contributed by atoms with Gasteiger partial charge < -0.3 is 15.3 Å². The van der Waals surface area contributed by atoms with Gasteiger partial charge in [-0.2, -0.15) is 13.2 Å². The number of nitrogens with zero attached hydrogens (tertiary/aromatic N) is 1. The molecule has 110 valence electrons. The summed E-state index contributed by atoms with van der Waals surface area (Å²) in [5, 5.41) is 11.2. The molecule has 20 heavy (non-hydrogen) atoms. The summed E-state index contributed by atoms with van der Waals surface area (Å²) in [6.07, 6.45) is -3.85. The number of aliphatic hydroxyl groups excluding tert-OH is 1. The summed E-state index contributed by atoms with van der Waals surface area (Å²) >= 11 is 0. The first-order valence-corrected chi connectivity index (χ1v) is 6.23. The van der Waals surface area contributed by atoms with Crippen molar-refractivity contribution in [3.05, 3.63) is 29.8 Å². The maximum absolute atomic E-state index is 12.9. The molecule has 0 saturated carbocycles. The van der Waals surface area contributed by atoms with Crippen LogP contribution < -0.4 is 10.2 Å². The number of carbonyl (C=O) groups excluding carboxylic acids is 1. The molecule has 2 N–H and O–H groups in total. The second kappa shape index (κ2) is 5.70. The number of carbonyl (C=O) groups is 1. The molecule has 1 aromatic carbocycles. The van der Waals surface area contributed by atoms with Crippen LogP contribution in [0.3, 0.4) is 0 Å². The third-order valence-electron chi connectivity index (χ3n) is 3.25. The third kappa shape index (κ3) is 3.22. The van der Waals surface area contributed by atoms with Gasteiger partial charge in [-0.05, 0) is 18.6 Å². The highest BCUT2D eigenvalue weighted by Gasteiger charge is 2.36. The van der Waals surface area contributed by atoms with Crippen molar-refractivity contribution in [1.82, 2.24) is 5.32 Å². The minimum atomic E-state index is -4.40. The molecule has 0 aliphatic carbocycles. The van der Waals surface area contributed by atoms with Crippen LogP contribution in [-0.4, -0.2) is 36.8 Å². The van der Waals surface area contributed by atoms with Gasteiger partial charge in [-0.1, -0.05) is 12.1 Å². The minimum Gasteiger partial charge on any atom is -0.387 e. The number of para-hydroxylation sites is 1. The first-order valence-electron chi connectivity index (χ1n) is 6.23. The van der Waals surface area contributed by atoms with Crippen LogP contribution in [0.2, 0.25) is 0 Å². The predicted octanol–water partition coefficient (Wildman–Crippen LogP) is 1.39. The molecule has 0 spiro atoms. The molecule has 1 fully saturated rings. The van der Waals surface area contributed by atoms with Gasteiger partial charge in [0.15, 0.2) is 0 Å². The zero-order valence-corrected chi connectivity index (χ0v) is 10.7. The summed E-state index contributed by atoms with van der Waals surface area (Å²) in [4.78, 5) is 12.7. The van der Waals surface area contributed by atoms with E-state index in [9.17, 15) is 18.0 Å². The molecular weight excluding hydrogens is 273 g/mol. The molecule has 2 rings (SSSR count). The zero-order valence-electron chi connectivity index (χ0n) is 10.7. The second-order valence-corrected chi connectivity index (χ2v) is 4.67. The lowest BCUT2D eigenvalue weighted by Crippen LogP contribution is -2.38. The normalized spacial score (nSPS) is 19.2. The number of aliphatic hydroxyl groups is 1. The summed E-state index contributed by atoms with van der Waals surface area (Å²) < 4.78 is 38.8. The predicted molar refractivity (Wildman–Crippen MR) is 67.3 cm³/mol. The van der Waals surface area contributed by atoms with E-state index in [1.54, 1.807) is 11.0 Å². The number of hydrogen-bond acceptors (Lipinski definition) is 3. The molecule has 1 aliphatic rings. The van der Waals surface area contributed by atoms with Crippen LogP contribution in [0, 0.1) is 0 Å². The van der Waals surface area contributed by atoms with Crippen LogP contribution in [0.5, 0.6) is 0 Å². The molecule has 1 aromatic rings. The van der Waals surface area contributed by atoms with E-state index in [1.165, 1.54) is 12.1 Å². The Morgan fingerprint density at radius 1 is 1.40 bits per heavy atom. The van der Waals surface area contributed by atoms with Crippen molar-refractivity contribution in [2.75, 3.05) is 24.6 Å². The molecule has 1 atom stereocenters. The summed E-state index contributed by atoms with van der Waals surface area (Å²) in [6.45, 7) is 0.123. The van der Waals surface area contributed by atoms with Gasteiger partial charge in [-0.25, -0.2) is 0 Å². The summed E-state index contributed by atoms with van der Waals surface area (Å²) in [7, 11) is 0. The van der Waals surface area contributed by atoms with E-state index >= 15 is 0 Å². The standard InChI is InChI=1S/C13H15F3N2O2/c14-13(15,16)10-3-1-2-4-11(10)18-6-5-9(7-18)17-12(20)8-19/h1-4,9,19H,5-8H2,(H,17,20)/t9-/m1/s1. The van der Waals surface area contributed by atoms with Crippen molar-refractivity contribution in [3.8, 4) is 0 Å². The van der Waals surface area contributed by atoms with Gasteiger partial charge in [0, 0.05) is 24.8 Å². The third-order valence-corrected chi connectivity index (χ3v) is 3.25. The first kappa shape index (κ1) is 14.6. The van der Waals surface area contributed by atoms with Gasteiger partial charge >= 0.3 is 6.18 Å². The summed E-state index contributed by atoms with van der Waals surface area (Å²) in [5.41, 5.74) is -0.546. The zero-order chi connectivity index (χ0) is 14.8. The molecule has 4 nitrogen and oxygen atoms in total. The highest BCUT2D eigenvalue weighted by Crippen LogP contribution is 2.37. The fourth-order valence-corrected chi connectivity index (χ4v) is 2.36. The number of halogens is 3. The topological polar surface area (TPSA) is 52.6 Å². The lowest BCUT2D eigenvalue weighted by atomic mass is 10.1. The molecule has 0 radical (unpaired) electrons. The van der Waals surface area contributed by atoms with Gasteiger partial charge in [0.1, 0.15) is 6.61 Å². The van der Waals surface area contributed by atoms with Crippen LogP contribution in [0.1, 0.15) is 12.0 Å². The average molecular weight is 288 g/mol. The summed E-state index contributed by atoms with van der Waals surface area (Å²) in [6, 6.07) is 5.15. The van der Waals surface area contributed by atoms with E-state index in [2.05, 4.69) is 5.32 Å². The Bertz CT molecular complexity index is 491. The Kier molecular flexibility index (Phi) is 4.17. The number of nitrogens with one attached hydrogen (secondary N) is 1. The van der Waals surface area contributed by atoms with E-state index in [1.807, 2.05) is 0 Å². The van der Waals surface area contributed by atoms with Crippen molar-refractivity contribution in [2.45, 2.75) is 18.6 Å². The number of rotatable bonds is 3. The van der Waals surface area contributed by atoms with Gasteiger partial charge in [0.2, 0.25) is 5.91 Å². The Balaban J connectivity index is 2.13. The fraction of sp³-hybridized carbons (Fsp3) is 0.462. The Hall–Kier alpha value is -1.76. The molecule has 0 bridgehead atoms. The lowest BCUT2D eigenvalue weighted by Gasteiger charge is -2.23. The highest BCUT2D eigenvalue weighted by atomic mass is 19.4. The van der Waals surface area contributed by atoms with Gasteiger partial charge in [-0.15, -0.1) is 0 Å². The molecule has 0 aromatic heterocycles. The molecular formula is C13H15F3N2O2. The van der Waals surface area contributed by atoms with Crippen LogP contribution >= 0.6 is 0 Å². The average Bonchev–Trinajstić information content (AvgIpc) is 2.86. The number of hydrogen-bond donors (Lipinski definition) is 2. The SMILES string of the molecule is O=C(CO)N[C@@H]1CCN(c2ccccc2C(F)(F)F)C1. The van der Waals surface area contributed by atoms with Crippen molar-refractivity contribution >= 4 is 11.6 Å². The monoisotopic (exact) mass is 288 g/mol. The van der Waals surface area contributed by atoms with Crippen LogP contribution in [0.15, 0.2) is 24.3 Å². The molecule has 1 heterocycles. The summed E-state index contributed by atoms with van der Waals surface area (Å²) in [5.74, 6) is -0.513. The van der Waals surface area contributed by atoms with E-state index in [-0.39, 0.29) is 11.7 Å². The number of alkyl halides is 3. The van der Waals surface area contributed by atoms with E-state index in [0.717, 1.165) is 6.07 Å². The molecule has 7 heteroatoms. The maximum Gasteiger partial charge on any atom is 0.418 e. The van der Waals surface area contributed by atoms with Crippen LogP contribution in [0.25, 0.3) is 0 Å². The minimum absolute atomic E-state index is 0.126. The van der Waals surface area contributed by atoms with Crippen molar-refractivity contribution in [1.29, 1.82) is 0 Å². The van der Waals surface area contributed by atoms with E-state index in [0.29, 0.717) is 19.5 Å². The molecule has 1 amide bonds. The van der Waals surface area contributed by atoms with Crippen LogP contribution in [0.4, 0.5) is 18.9 Å². The van der Waals surface area contributed by atoms with Crippen LogP contribution in [-0.2, 0) is 11.0 Å². The highest BCUT2D eigenvalue weighted by molar-refractivity contribution is 5.77.